The number of halogens is 2. The van der Waals surface area contributed by atoms with Gasteiger partial charge in [-0.3, -0.25) is 4.79 Å². The lowest BCUT2D eigenvalue weighted by Crippen LogP contribution is -2.12. The highest BCUT2D eigenvalue weighted by Gasteiger charge is 2.11. The van der Waals surface area contributed by atoms with Crippen molar-refractivity contribution in [2.45, 2.75) is 0 Å². The third-order valence-corrected chi connectivity index (χ3v) is 3.44. The second kappa shape index (κ2) is 6.58. The maximum Gasteiger partial charge on any atom is 0.255 e. The molecule has 0 radical (unpaired) electrons. The fourth-order valence-electron chi connectivity index (χ4n) is 1.76. The molecule has 4 nitrogen and oxygen atoms in total. The third kappa shape index (κ3) is 3.52. The lowest BCUT2D eigenvalue weighted by molar-refractivity contribution is 0.102. The van der Waals surface area contributed by atoms with Crippen LogP contribution in [-0.2, 0) is 0 Å². The maximum absolute atomic E-state index is 13.6. The monoisotopic (exact) mass is 353 g/mol. The molecule has 0 unspecified atom stereocenters. The molecule has 0 aliphatic carbocycles. The van der Waals surface area contributed by atoms with Gasteiger partial charge in [0, 0.05) is 17.3 Å². The summed E-state index contributed by atoms with van der Waals surface area (Å²) in [6.07, 6.45) is 0. The topological polar surface area (TPSA) is 47.6 Å². The van der Waals surface area contributed by atoms with Crippen LogP contribution in [0.15, 0.2) is 40.9 Å². The number of amides is 1. The Morgan fingerprint density at radius 1 is 1.10 bits per heavy atom. The van der Waals surface area contributed by atoms with Crippen LogP contribution < -0.4 is 14.8 Å². The summed E-state index contributed by atoms with van der Waals surface area (Å²) in [5.74, 6) is -0.128. The first-order valence-electron chi connectivity index (χ1n) is 6.03. The Morgan fingerprint density at radius 2 is 1.76 bits per heavy atom. The van der Waals surface area contributed by atoms with Gasteiger partial charge in [0.15, 0.2) is 11.6 Å². The summed E-state index contributed by atoms with van der Waals surface area (Å²) in [5, 5.41) is 2.62. The van der Waals surface area contributed by atoms with Gasteiger partial charge < -0.3 is 14.8 Å². The molecule has 21 heavy (non-hydrogen) atoms. The summed E-state index contributed by atoms with van der Waals surface area (Å²) in [4.78, 5) is 12.1. The van der Waals surface area contributed by atoms with Crippen molar-refractivity contribution >= 4 is 27.5 Å². The Kier molecular flexibility index (Phi) is 4.80. The second-order valence-corrected chi connectivity index (χ2v) is 5.01. The molecule has 0 heterocycles. The first kappa shape index (κ1) is 15.3. The number of hydrogen-bond donors (Lipinski definition) is 1. The normalized spacial score (nSPS) is 10.1. The van der Waals surface area contributed by atoms with Gasteiger partial charge in [0.1, 0.15) is 5.75 Å². The zero-order valence-electron chi connectivity index (χ0n) is 11.4. The third-order valence-electron chi connectivity index (χ3n) is 2.82. The molecule has 0 spiro atoms. The highest BCUT2D eigenvalue weighted by Crippen LogP contribution is 2.26. The van der Waals surface area contributed by atoms with Crippen LogP contribution in [0.1, 0.15) is 10.4 Å². The van der Waals surface area contributed by atoms with Gasteiger partial charge in [0.2, 0.25) is 0 Å². The average molecular weight is 354 g/mol. The lowest BCUT2D eigenvalue weighted by Gasteiger charge is -2.09. The summed E-state index contributed by atoms with van der Waals surface area (Å²) in [6.45, 7) is 0. The molecule has 0 saturated carbocycles. The molecule has 0 saturated heterocycles. The van der Waals surface area contributed by atoms with Crippen molar-refractivity contribution in [1.82, 2.24) is 0 Å². The van der Waals surface area contributed by atoms with Crippen molar-refractivity contribution in [3.05, 3.63) is 52.3 Å². The van der Waals surface area contributed by atoms with Crippen molar-refractivity contribution in [2.75, 3.05) is 19.5 Å². The van der Waals surface area contributed by atoms with Crippen LogP contribution in [-0.4, -0.2) is 20.1 Å². The van der Waals surface area contributed by atoms with Crippen LogP contribution in [0.25, 0.3) is 0 Å². The molecule has 2 rings (SSSR count). The van der Waals surface area contributed by atoms with Gasteiger partial charge >= 0.3 is 0 Å². The van der Waals surface area contributed by atoms with E-state index in [9.17, 15) is 9.18 Å². The Balaban J connectivity index is 2.18. The van der Waals surface area contributed by atoms with Crippen LogP contribution in [0.2, 0.25) is 0 Å². The number of hydrogen-bond acceptors (Lipinski definition) is 3. The van der Waals surface area contributed by atoms with Gasteiger partial charge in [-0.25, -0.2) is 4.39 Å². The molecule has 0 atom stereocenters. The van der Waals surface area contributed by atoms with E-state index in [-0.39, 0.29) is 11.7 Å². The van der Waals surface area contributed by atoms with Crippen molar-refractivity contribution in [1.29, 1.82) is 0 Å². The number of anilines is 1. The molecule has 0 fully saturated rings. The SMILES string of the molecule is COc1ccc(NC(=O)c2ccc(OC)c(Br)c2)cc1F. The molecule has 0 aliphatic heterocycles. The van der Waals surface area contributed by atoms with Crippen LogP contribution in [0, 0.1) is 5.82 Å². The smallest absolute Gasteiger partial charge is 0.255 e. The molecule has 110 valence electrons. The number of benzene rings is 2. The van der Waals surface area contributed by atoms with Crippen molar-refractivity contribution < 1.29 is 18.7 Å². The molecule has 0 aromatic heterocycles. The van der Waals surface area contributed by atoms with Crippen molar-refractivity contribution in [2.24, 2.45) is 0 Å². The zero-order chi connectivity index (χ0) is 15.4. The number of methoxy groups -OCH3 is 2. The van der Waals surface area contributed by atoms with Gasteiger partial charge in [-0.05, 0) is 46.3 Å². The molecule has 0 bridgehead atoms. The van der Waals surface area contributed by atoms with Gasteiger partial charge in [0.05, 0.1) is 18.7 Å². The molecule has 1 amide bonds. The highest BCUT2D eigenvalue weighted by molar-refractivity contribution is 9.10. The van der Waals surface area contributed by atoms with Crippen LogP contribution in [0.5, 0.6) is 11.5 Å². The van der Waals surface area contributed by atoms with E-state index < -0.39 is 5.82 Å². The van der Waals surface area contributed by atoms with E-state index in [1.807, 2.05) is 0 Å². The number of ether oxygens (including phenoxy) is 2. The Morgan fingerprint density at radius 3 is 2.33 bits per heavy atom. The van der Waals surface area contributed by atoms with E-state index in [0.717, 1.165) is 0 Å². The van der Waals surface area contributed by atoms with E-state index in [4.69, 9.17) is 9.47 Å². The average Bonchev–Trinajstić information content (AvgIpc) is 2.47. The summed E-state index contributed by atoms with van der Waals surface area (Å²) in [5.41, 5.74) is 0.782. The number of carbonyl (C=O) groups excluding carboxylic acids is 1. The molecule has 0 aliphatic rings. The molecular formula is C15H13BrFNO3. The van der Waals surface area contributed by atoms with Crippen molar-refractivity contribution in [3.8, 4) is 11.5 Å². The van der Waals surface area contributed by atoms with Gasteiger partial charge in [-0.2, -0.15) is 0 Å². The summed E-state index contributed by atoms with van der Waals surface area (Å²) in [7, 11) is 2.92. The Bertz CT molecular complexity index is 676. The molecule has 2 aromatic rings. The molecule has 1 N–H and O–H groups in total. The zero-order valence-corrected chi connectivity index (χ0v) is 13.0. The van der Waals surface area contributed by atoms with Crippen LogP contribution in [0.3, 0.4) is 0 Å². The number of nitrogens with one attached hydrogen (secondary N) is 1. The minimum Gasteiger partial charge on any atom is -0.496 e. The quantitative estimate of drug-likeness (QED) is 0.907. The first-order valence-corrected chi connectivity index (χ1v) is 6.83. The van der Waals surface area contributed by atoms with Gasteiger partial charge in [0.25, 0.3) is 5.91 Å². The highest BCUT2D eigenvalue weighted by atomic mass is 79.9. The van der Waals surface area contributed by atoms with E-state index in [2.05, 4.69) is 21.2 Å². The summed E-state index contributed by atoms with van der Waals surface area (Å²) in [6, 6.07) is 9.16. The molecular weight excluding hydrogens is 341 g/mol. The van der Waals surface area contributed by atoms with Gasteiger partial charge in [-0.1, -0.05) is 0 Å². The maximum atomic E-state index is 13.6. The lowest BCUT2D eigenvalue weighted by atomic mass is 10.2. The minimum absolute atomic E-state index is 0.125. The molecule has 6 heteroatoms. The Labute approximate surface area is 130 Å². The molecule has 2 aromatic carbocycles. The fraction of sp³-hybridized carbons (Fsp3) is 0.133. The van der Waals surface area contributed by atoms with E-state index in [1.165, 1.54) is 19.2 Å². The van der Waals surface area contributed by atoms with Gasteiger partial charge in [-0.15, -0.1) is 0 Å². The Hall–Kier alpha value is -2.08. The van der Waals surface area contributed by atoms with E-state index in [1.54, 1.807) is 31.4 Å². The van der Waals surface area contributed by atoms with Crippen LogP contribution >= 0.6 is 15.9 Å². The number of carbonyl (C=O) groups is 1. The van der Waals surface area contributed by atoms with E-state index in [0.29, 0.717) is 21.5 Å². The number of rotatable bonds is 4. The fourth-order valence-corrected chi connectivity index (χ4v) is 2.30. The van der Waals surface area contributed by atoms with E-state index >= 15 is 0 Å². The largest absolute Gasteiger partial charge is 0.496 e. The summed E-state index contributed by atoms with van der Waals surface area (Å²) < 4.78 is 24.2. The summed E-state index contributed by atoms with van der Waals surface area (Å²) >= 11 is 3.31. The van der Waals surface area contributed by atoms with Crippen molar-refractivity contribution in [3.63, 3.8) is 0 Å². The first-order chi connectivity index (χ1) is 10.0. The van der Waals surface area contributed by atoms with Crippen LogP contribution in [0.4, 0.5) is 10.1 Å². The predicted molar refractivity (Wildman–Crippen MR) is 81.6 cm³/mol. The minimum atomic E-state index is -0.536. The predicted octanol–water partition coefficient (Wildman–Crippen LogP) is 3.86. The standard InChI is InChI=1S/C15H13BrFNO3/c1-20-13-5-3-9(7-11(13)16)15(19)18-10-4-6-14(21-2)12(17)8-10/h3-8H,1-2H3,(H,18,19). The second-order valence-electron chi connectivity index (χ2n) is 4.15.